The Hall–Kier alpha value is -3.78. The minimum atomic E-state index is -0.567. The van der Waals surface area contributed by atoms with E-state index in [1.807, 2.05) is 67.6 Å². The van der Waals surface area contributed by atoms with Crippen molar-refractivity contribution in [2.24, 2.45) is 0 Å². The van der Waals surface area contributed by atoms with Crippen LogP contribution in [0.5, 0.6) is 11.5 Å². The van der Waals surface area contributed by atoms with Crippen molar-refractivity contribution in [1.82, 2.24) is 10.2 Å². The van der Waals surface area contributed by atoms with Gasteiger partial charge in [0.15, 0.2) is 11.5 Å². The minimum Gasteiger partial charge on any atom is -0.454 e. The lowest BCUT2D eigenvalue weighted by Crippen LogP contribution is -2.19. The van der Waals surface area contributed by atoms with Gasteiger partial charge in [0.1, 0.15) is 5.25 Å². The van der Waals surface area contributed by atoms with Gasteiger partial charge in [-0.15, -0.1) is 10.2 Å². The van der Waals surface area contributed by atoms with Gasteiger partial charge in [-0.3, -0.25) is 4.79 Å². The highest BCUT2D eigenvalue weighted by Crippen LogP contribution is 2.39. The molecule has 1 aliphatic heterocycles. The number of carbonyl (C=O) groups is 1. The number of nitrogens with one attached hydrogen (secondary N) is 1. The molecule has 8 heteroatoms. The van der Waals surface area contributed by atoms with Crippen LogP contribution >= 0.6 is 11.8 Å². The number of nitrogens with zero attached hydrogens (tertiary/aromatic N) is 2. The monoisotopic (exact) mass is 445 g/mol. The largest absolute Gasteiger partial charge is 0.454 e. The summed E-state index contributed by atoms with van der Waals surface area (Å²) in [4.78, 5) is 13.2. The number of hydrogen-bond acceptors (Lipinski definition) is 7. The fraction of sp³-hybridized carbons (Fsp3) is 0.125. The molecule has 0 spiro atoms. The lowest BCUT2D eigenvalue weighted by atomic mass is 10.1. The maximum Gasteiger partial charge on any atom is 0.277 e. The van der Waals surface area contributed by atoms with Crippen molar-refractivity contribution in [3.8, 4) is 23.0 Å². The van der Waals surface area contributed by atoms with Crippen LogP contribution in [0, 0.1) is 6.92 Å². The summed E-state index contributed by atoms with van der Waals surface area (Å²) in [6, 6.07) is 22.6. The highest BCUT2D eigenvalue weighted by molar-refractivity contribution is 8.00. The summed E-state index contributed by atoms with van der Waals surface area (Å²) in [7, 11) is 0. The number of fused-ring (bicyclic) bond motifs is 1. The zero-order valence-corrected chi connectivity index (χ0v) is 18.0. The van der Waals surface area contributed by atoms with Crippen LogP contribution in [0.25, 0.3) is 11.5 Å². The Morgan fingerprint density at radius 1 is 0.969 bits per heavy atom. The number of amides is 1. The minimum absolute atomic E-state index is 0.173. The van der Waals surface area contributed by atoms with Crippen LogP contribution in [0.3, 0.4) is 0 Å². The molecule has 32 heavy (non-hydrogen) atoms. The third-order valence-corrected chi connectivity index (χ3v) is 5.99. The van der Waals surface area contributed by atoms with E-state index >= 15 is 0 Å². The smallest absolute Gasteiger partial charge is 0.277 e. The normalized spacial score (nSPS) is 13.0. The van der Waals surface area contributed by atoms with Gasteiger partial charge in [-0.2, -0.15) is 0 Å². The third-order valence-electron chi connectivity index (χ3n) is 4.90. The molecule has 0 saturated carbocycles. The first-order valence-electron chi connectivity index (χ1n) is 9.98. The van der Waals surface area contributed by atoms with Crippen molar-refractivity contribution < 1.29 is 18.7 Å². The van der Waals surface area contributed by atoms with Crippen LogP contribution in [-0.4, -0.2) is 22.9 Å². The van der Waals surface area contributed by atoms with Gasteiger partial charge in [-0.1, -0.05) is 48.0 Å². The lowest BCUT2D eigenvalue weighted by molar-refractivity contribution is -0.115. The molecule has 1 aromatic heterocycles. The second-order valence-corrected chi connectivity index (χ2v) is 8.26. The average Bonchev–Trinajstić information content (AvgIpc) is 3.48. The predicted molar refractivity (Wildman–Crippen MR) is 121 cm³/mol. The Balaban J connectivity index is 1.38. The van der Waals surface area contributed by atoms with Crippen LogP contribution in [0.15, 0.2) is 82.4 Å². The summed E-state index contributed by atoms with van der Waals surface area (Å²) in [6.45, 7) is 2.19. The van der Waals surface area contributed by atoms with Gasteiger partial charge < -0.3 is 19.2 Å². The number of hydrogen-bond donors (Lipinski definition) is 1. The Morgan fingerprint density at radius 3 is 2.56 bits per heavy atom. The molecular weight excluding hydrogens is 426 g/mol. The van der Waals surface area contributed by atoms with Gasteiger partial charge >= 0.3 is 0 Å². The molecule has 1 N–H and O–H groups in total. The molecule has 0 saturated heterocycles. The molecule has 0 radical (unpaired) electrons. The van der Waals surface area contributed by atoms with Gasteiger partial charge in [-0.05, 0) is 54.6 Å². The van der Waals surface area contributed by atoms with Crippen molar-refractivity contribution in [3.63, 3.8) is 0 Å². The average molecular weight is 446 g/mol. The van der Waals surface area contributed by atoms with Gasteiger partial charge in [0, 0.05) is 11.3 Å². The van der Waals surface area contributed by atoms with Crippen molar-refractivity contribution in [3.05, 3.63) is 83.9 Å². The number of aryl methyl sites for hydroxylation is 1. The summed E-state index contributed by atoms with van der Waals surface area (Å²) in [5.41, 5.74) is 3.41. The van der Waals surface area contributed by atoms with Crippen molar-refractivity contribution in [2.75, 3.05) is 12.1 Å². The number of benzene rings is 3. The van der Waals surface area contributed by atoms with Crippen LogP contribution in [0.4, 0.5) is 5.69 Å². The molecule has 1 amide bonds. The quantitative estimate of drug-likeness (QED) is 0.406. The molecule has 4 aromatic rings. The molecule has 0 unspecified atom stereocenters. The first-order chi connectivity index (χ1) is 15.7. The molecule has 2 heterocycles. The highest BCUT2D eigenvalue weighted by Gasteiger charge is 2.25. The molecule has 0 bridgehead atoms. The van der Waals surface area contributed by atoms with E-state index in [1.165, 1.54) is 11.8 Å². The summed E-state index contributed by atoms with van der Waals surface area (Å²) in [6.07, 6.45) is 0. The summed E-state index contributed by atoms with van der Waals surface area (Å²) in [5, 5.41) is 11.0. The Bertz CT molecular complexity index is 1240. The first kappa shape index (κ1) is 20.1. The molecule has 3 aromatic carbocycles. The second-order valence-electron chi connectivity index (χ2n) is 7.21. The van der Waals surface area contributed by atoms with E-state index in [1.54, 1.807) is 12.1 Å². The lowest BCUT2D eigenvalue weighted by Gasteiger charge is -2.15. The van der Waals surface area contributed by atoms with Crippen molar-refractivity contribution >= 4 is 23.4 Å². The number of aromatic nitrogens is 2. The van der Waals surface area contributed by atoms with E-state index in [2.05, 4.69) is 15.5 Å². The van der Waals surface area contributed by atoms with E-state index in [4.69, 9.17) is 13.9 Å². The second kappa shape index (κ2) is 8.76. The zero-order valence-electron chi connectivity index (χ0n) is 17.1. The molecule has 1 aliphatic rings. The van der Waals surface area contributed by atoms with Crippen molar-refractivity contribution in [2.45, 2.75) is 17.4 Å². The van der Waals surface area contributed by atoms with Gasteiger partial charge in [0.05, 0.1) is 0 Å². The SMILES string of the molecule is Cc1ccc(NC(=O)[C@@H](Sc2nnc(-c3ccc4c(c3)OCO4)o2)c2ccccc2)cc1. The molecule has 0 fully saturated rings. The maximum atomic E-state index is 13.2. The Kier molecular flexibility index (Phi) is 5.51. The summed E-state index contributed by atoms with van der Waals surface area (Å²) in [5.74, 6) is 1.48. The molecule has 0 aliphatic carbocycles. The van der Waals surface area contributed by atoms with Crippen LogP contribution in [0.2, 0.25) is 0 Å². The van der Waals surface area contributed by atoms with Crippen LogP contribution in [-0.2, 0) is 4.79 Å². The first-order valence-corrected chi connectivity index (χ1v) is 10.9. The van der Waals surface area contributed by atoms with E-state index in [0.717, 1.165) is 16.8 Å². The number of anilines is 1. The van der Waals surface area contributed by atoms with E-state index < -0.39 is 5.25 Å². The summed E-state index contributed by atoms with van der Waals surface area (Å²) < 4.78 is 16.6. The third kappa shape index (κ3) is 4.31. The van der Waals surface area contributed by atoms with Gasteiger partial charge in [0.2, 0.25) is 18.6 Å². The van der Waals surface area contributed by atoms with Crippen LogP contribution in [0.1, 0.15) is 16.4 Å². The Labute approximate surface area is 188 Å². The number of carbonyl (C=O) groups excluding carboxylic acids is 1. The van der Waals surface area contributed by atoms with E-state index in [-0.39, 0.29) is 12.7 Å². The summed E-state index contributed by atoms with van der Waals surface area (Å²) >= 11 is 1.21. The maximum absolute atomic E-state index is 13.2. The molecular formula is C24H19N3O4S. The number of rotatable bonds is 6. The molecule has 160 valence electrons. The molecule has 1 atom stereocenters. The fourth-order valence-electron chi connectivity index (χ4n) is 3.25. The predicted octanol–water partition coefficient (Wildman–Crippen LogP) is 5.25. The number of ether oxygens (including phenoxy) is 2. The highest BCUT2D eigenvalue weighted by atomic mass is 32.2. The van der Waals surface area contributed by atoms with Crippen LogP contribution < -0.4 is 14.8 Å². The zero-order chi connectivity index (χ0) is 21.9. The topological polar surface area (TPSA) is 86.5 Å². The standard InChI is InChI=1S/C24H19N3O4S/c1-15-7-10-18(11-8-15)25-22(28)21(16-5-3-2-4-6-16)32-24-27-26-23(31-24)17-9-12-19-20(13-17)30-14-29-19/h2-13,21H,14H2,1H3,(H,25,28)/t21-/m0/s1. The molecule has 7 nitrogen and oxygen atoms in total. The number of thioether (sulfide) groups is 1. The van der Waals surface area contributed by atoms with Gasteiger partial charge in [0.25, 0.3) is 5.22 Å². The van der Waals surface area contributed by atoms with Gasteiger partial charge in [-0.25, -0.2) is 0 Å². The molecule has 5 rings (SSSR count). The van der Waals surface area contributed by atoms with E-state index in [0.29, 0.717) is 28.2 Å². The van der Waals surface area contributed by atoms with Crippen molar-refractivity contribution in [1.29, 1.82) is 0 Å². The van der Waals surface area contributed by atoms with E-state index in [9.17, 15) is 4.79 Å². The fourth-order valence-corrected chi connectivity index (χ4v) is 4.13. The Morgan fingerprint density at radius 2 is 1.75 bits per heavy atom.